The van der Waals surface area contributed by atoms with Gasteiger partial charge in [0.05, 0.1) is 26.5 Å². The fourth-order valence-corrected chi connectivity index (χ4v) is 2.89. The van der Waals surface area contributed by atoms with Crippen LogP contribution in [0, 0.1) is 0 Å². The van der Waals surface area contributed by atoms with E-state index in [4.69, 9.17) is 20.3 Å². The number of rotatable bonds is 6. The van der Waals surface area contributed by atoms with E-state index in [1.54, 1.807) is 0 Å². The quantitative estimate of drug-likeness (QED) is 0.633. The highest BCUT2D eigenvalue weighted by Crippen LogP contribution is 2.33. The lowest BCUT2D eigenvalue weighted by atomic mass is 10.3. The van der Waals surface area contributed by atoms with Gasteiger partial charge in [-0.05, 0) is 13.0 Å². The number of nitrogen functional groups attached to an aromatic ring is 1. The largest absolute Gasteiger partial charge is 0.495 e. The summed E-state index contributed by atoms with van der Waals surface area (Å²) in [5.41, 5.74) is 5.87. The van der Waals surface area contributed by atoms with Gasteiger partial charge < -0.3 is 20.3 Å². The van der Waals surface area contributed by atoms with Gasteiger partial charge in [0, 0.05) is 12.1 Å². The van der Waals surface area contributed by atoms with E-state index in [1.807, 2.05) is 0 Å². The number of methoxy groups -OCH3 is 2. The minimum Gasteiger partial charge on any atom is -0.495 e. The van der Waals surface area contributed by atoms with Crippen molar-refractivity contribution in [1.29, 1.82) is 0 Å². The first-order chi connectivity index (χ1) is 8.85. The van der Waals surface area contributed by atoms with Crippen LogP contribution in [0.2, 0.25) is 0 Å². The number of benzene rings is 1. The number of nitrogens with one attached hydrogen (secondary N) is 1. The lowest BCUT2D eigenvalue weighted by molar-refractivity contribution is 0.265. The first-order valence-corrected chi connectivity index (χ1v) is 6.98. The molecular weight excluding hydrogens is 272 g/mol. The zero-order chi connectivity index (χ0) is 14.6. The summed E-state index contributed by atoms with van der Waals surface area (Å²) in [4.78, 5) is -0.103. The molecule has 0 bridgehead atoms. The average molecular weight is 290 g/mol. The molecule has 0 radical (unpaired) electrons. The number of aliphatic hydroxyl groups excluding tert-OH is 1. The molecular formula is C11H18N2O5S. The maximum Gasteiger partial charge on any atom is 0.244 e. The van der Waals surface area contributed by atoms with Crippen molar-refractivity contribution in [3.05, 3.63) is 12.1 Å². The van der Waals surface area contributed by atoms with E-state index < -0.39 is 16.1 Å². The van der Waals surface area contributed by atoms with Crippen molar-refractivity contribution < 1.29 is 23.0 Å². The fourth-order valence-electron chi connectivity index (χ4n) is 1.47. The Morgan fingerprint density at radius 3 is 2.37 bits per heavy atom. The number of aliphatic hydroxyl groups is 1. The first-order valence-electron chi connectivity index (χ1n) is 5.50. The smallest absolute Gasteiger partial charge is 0.244 e. The van der Waals surface area contributed by atoms with E-state index in [0.29, 0.717) is 5.75 Å². The Labute approximate surface area is 112 Å². The summed E-state index contributed by atoms with van der Waals surface area (Å²) in [6.45, 7) is 1.23. The Hall–Kier alpha value is -1.51. The summed E-state index contributed by atoms with van der Waals surface area (Å²) in [5, 5.41) is 8.91. The predicted octanol–water partition coefficient (Wildman–Crippen LogP) is -0.0549. The molecule has 0 unspecified atom stereocenters. The average Bonchev–Trinajstić information content (AvgIpc) is 2.37. The van der Waals surface area contributed by atoms with Crippen LogP contribution in [-0.4, -0.2) is 40.4 Å². The number of ether oxygens (including phenoxy) is 2. The lowest BCUT2D eigenvalue weighted by Gasteiger charge is -2.16. The topological polar surface area (TPSA) is 111 Å². The van der Waals surface area contributed by atoms with Gasteiger partial charge >= 0.3 is 0 Å². The molecule has 108 valence electrons. The van der Waals surface area contributed by atoms with Gasteiger partial charge in [-0.2, -0.15) is 0 Å². The van der Waals surface area contributed by atoms with Crippen molar-refractivity contribution in [2.75, 3.05) is 26.6 Å². The van der Waals surface area contributed by atoms with Gasteiger partial charge in [0.15, 0.2) is 0 Å². The molecule has 8 heteroatoms. The summed E-state index contributed by atoms with van der Waals surface area (Å²) in [5.74, 6) is 0.440. The van der Waals surface area contributed by atoms with Gasteiger partial charge in [-0.25, -0.2) is 13.1 Å². The Balaban J connectivity index is 3.29. The molecule has 0 saturated carbocycles. The third kappa shape index (κ3) is 3.49. The molecule has 1 aromatic rings. The second-order valence-electron chi connectivity index (χ2n) is 3.95. The molecule has 7 nitrogen and oxygen atoms in total. The molecule has 0 aliphatic rings. The number of sulfonamides is 1. The molecule has 0 aromatic heterocycles. The minimum absolute atomic E-state index is 0.103. The third-order valence-electron chi connectivity index (χ3n) is 2.44. The number of anilines is 1. The van der Waals surface area contributed by atoms with E-state index in [-0.39, 0.29) is 22.9 Å². The summed E-state index contributed by atoms with van der Waals surface area (Å²) >= 11 is 0. The highest BCUT2D eigenvalue weighted by Gasteiger charge is 2.23. The number of nitrogens with two attached hydrogens (primary N) is 1. The van der Waals surface area contributed by atoms with Crippen LogP contribution in [-0.2, 0) is 10.0 Å². The van der Waals surface area contributed by atoms with Gasteiger partial charge in [0.25, 0.3) is 0 Å². The molecule has 0 amide bonds. The van der Waals surface area contributed by atoms with Crippen LogP contribution in [0.4, 0.5) is 5.69 Å². The van der Waals surface area contributed by atoms with E-state index >= 15 is 0 Å². The van der Waals surface area contributed by atoms with E-state index in [0.717, 1.165) is 0 Å². The molecule has 1 aromatic carbocycles. The van der Waals surface area contributed by atoms with Crippen LogP contribution in [0.1, 0.15) is 6.92 Å². The molecule has 0 aliphatic carbocycles. The van der Waals surface area contributed by atoms with Crippen molar-refractivity contribution in [1.82, 2.24) is 4.72 Å². The minimum atomic E-state index is -3.83. The van der Waals surface area contributed by atoms with Gasteiger partial charge in [-0.3, -0.25) is 0 Å². The predicted molar refractivity (Wildman–Crippen MR) is 70.8 cm³/mol. The van der Waals surface area contributed by atoms with Crippen molar-refractivity contribution >= 4 is 15.7 Å². The molecule has 0 fully saturated rings. The normalized spacial score (nSPS) is 13.1. The zero-order valence-corrected chi connectivity index (χ0v) is 11.8. The molecule has 1 rings (SSSR count). The molecule has 0 spiro atoms. The van der Waals surface area contributed by atoms with Crippen LogP contribution in [0.3, 0.4) is 0 Å². The maximum atomic E-state index is 12.1. The van der Waals surface area contributed by atoms with Gasteiger partial charge in [-0.1, -0.05) is 0 Å². The number of hydrogen-bond acceptors (Lipinski definition) is 6. The van der Waals surface area contributed by atoms with Crippen molar-refractivity contribution in [2.24, 2.45) is 0 Å². The molecule has 0 aliphatic heterocycles. The SMILES string of the molecule is COc1cc(OC)c(S(=O)(=O)N[C@@H](C)CO)cc1N. The van der Waals surface area contributed by atoms with Crippen LogP contribution in [0.15, 0.2) is 17.0 Å². The van der Waals surface area contributed by atoms with Crippen LogP contribution in [0.25, 0.3) is 0 Å². The Morgan fingerprint density at radius 1 is 1.32 bits per heavy atom. The standard InChI is InChI=1S/C11H18N2O5S/c1-7(6-14)13-19(15,16)11-4-8(12)9(17-2)5-10(11)18-3/h4-5,7,13-14H,6,12H2,1-3H3/t7-/m0/s1. The van der Waals surface area contributed by atoms with Crippen LogP contribution < -0.4 is 19.9 Å². The highest BCUT2D eigenvalue weighted by molar-refractivity contribution is 7.89. The van der Waals surface area contributed by atoms with Gasteiger partial charge in [0.2, 0.25) is 10.0 Å². The molecule has 0 saturated heterocycles. The van der Waals surface area contributed by atoms with Gasteiger partial charge in [-0.15, -0.1) is 0 Å². The summed E-state index contributed by atoms with van der Waals surface area (Å²) < 4.78 is 36.6. The lowest BCUT2D eigenvalue weighted by Crippen LogP contribution is -2.35. The number of hydrogen-bond donors (Lipinski definition) is 3. The van der Waals surface area contributed by atoms with Crippen LogP contribution >= 0.6 is 0 Å². The fraction of sp³-hybridized carbons (Fsp3) is 0.455. The van der Waals surface area contributed by atoms with E-state index in [9.17, 15) is 8.42 Å². The van der Waals surface area contributed by atoms with Crippen molar-refractivity contribution in [3.63, 3.8) is 0 Å². The molecule has 4 N–H and O–H groups in total. The second kappa shape index (κ2) is 6.09. The summed E-state index contributed by atoms with van der Waals surface area (Å²) in [7, 11) is -1.06. The maximum absolute atomic E-state index is 12.1. The van der Waals surface area contributed by atoms with Crippen molar-refractivity contribution in [2.45, 2.75) is 17.9 Å². The molecule has 1 atom stereocenters. The third-order valence-corrected chi connectivity index (χ3v) is 4.05. The first kappa shape index (κ1) is 15.5. The Kier molecular flexibility index (Phi) is 4.98. The zero-order valence-electron chi connectivity index (χ0n) is 11.0. The summed E-state index contributed by atoms with van der Waals surface area (Å²) in [6.07, 6.45) is 0. The molecule has 19 heavy (non-hydrogen) atoms. The van der Waals surface area contributed by atoms with E-state index in [2.05, 4.69) is 4.72 Å². The highest BCUT2D eigenvalue weighted by atomic mass is 32.2. The summed E-state index contributed by atoms with van der Waals surface area (Å²) in [6, 6.07) is 2.04. The van der Waals surface area contributed by atoms with E-state index in [1.165, 1.54) is 33.3 Å². The molecule has 0 heterocycles. The Morgan fingerprint density at radius 2 is 1.89 bits per heavy atom. The van der Waals surface area contributed by atoms with Gasteiger partial charge in [0.1, 0.15) is 16.4 Å². The second-order valence-corrected chi connectivity index (χ2v) is 5.63. The van der Waals surface area contributed by atoms with Crippen molar-refractivity contribution in [3.8, 4) is 11.5 Å². The monoisotopic (exact) mass is 290 g/mol. The Bertz CT molecular complexity index is 544. The van der Waals surface area contributed by atoms with Crippen LogP contribution in [0.5, 0.6) is 11.5 Å².